The van der Waals surface area contributed by atoms with Gasteiger partial charge < -0.3 is 21.0 Å². The van der Waals surface area contributed by atoms with Gasteiger partial charge >= 0.3 is 0 Å². The number of amidine groups is 1. The largest absolute Gasteiger partial charge is 0.409 e. The Morgan fingerprint density at radius 2 is 2.27 bits per heavy atom. The van der Waals surface area contributed by atoms with Crippen LogP contribution in [0.15, 0.2) is 5.16 Å². The van der Waals surface area contributed by atoms with Crippen molar-refractivity contribution in [2.45, 2.75) is 45.4 Å². The second kappa shape index (κ2) is 4.37. The van der Waals surface area contributed by atoms with Gasteiger partial charge in [0.2, 0.25) is 0 Å². The zero-order chi connectivity index (χ0) is 11.6. The van der Waals surface area contributed by atoms with E-state index in [0.29, 0.717) is 6.04 Å². The summed E-state index contributed by atoms with van der Waals surface area (Å²) in [4.78, 5) is 0. The number of rotatable bonds is 4. The predicted molar refractivity (Wildman–Crippen MR) is 59.0 cm³/mol. The van der Waals surface area contributed by atoms with Gasteiger partial charge in [-0.3, -0.25) is 0 Å². The molecule has 15 heavy (non-hydrogen) atoms. The maximum Gasteiger partial charge on any atom is 0.156 e. The van der Waals surface area contributed by atoms with Crippen LogP contribution in [0.2, 0.25) is 0 Å². The van der Waals surface area contributed by atoms with Crippen LogP contribution < -0.4 is 11.1 Å². The highest BCUT2D eigenvalue weighted by Crippen LogP contribution is 2.42. The Bertz CT molecular complexity index is 253. The van der Waals surface area contributed by atoms with E-state index in [1.54, 1.807) is 7.11 Å². The van der Waals surface area contributed by atoms with Gasteiger partial charge in [-0.2, -0.15) is 0 Å². The quantitative estimate of drug-likeness (QED) is 0.276. The Kier molecular flexibility index (Phi) is 3.57. The fraction of sp³-hybridized carbons (Fsp3) is 0.900. The van der Waals surface area contributed by atoms with Gasteiger partial charge in [-0.15, -0.1) is 0 Å². The molecule has 0 bridgehead atoms. The van der Waals surface area contributed by atoms with E-state index in [1.165, 1.54) is 0 Å². The number of nitrogens with one attached hydrogen (secondary N) is 1. The topological polar surface area (TPSA) is 79.9 Å². The zero-order valence-electron chi connectivity index (χ0n) is 9.82. The van der Waals surface area contributed by atoms with E-state index in [4.69, 9.17) is 15.7 Å². The van der Waals surface area contributed by atoms with Crippen LogP contribution in [0.1, 0.15) is 27.2 Å². The van der Waals surface area contributed by atoms with Gasteiger partial charge in [0.1, 0.15) is 0 Å². The predicted octanol–water partition coefficient (Wildman–Crippen LogP) is 0.524. The molecule has 5 heteroatoms. The number of nitrogens with zero attached hydrogens (tertiary/aromatic N) is 1. The fourth-order valence-electron chi connectivity index (χ4n) is 2.04. The summed E-state index contributed by atoms with van der Waals surface area (Å²) in [6.07, 6.45) is 1.25. The lowest BCUT2D eigenvalue weighted by atomic mass is 9.64. The molecule has 1 fully saturated rings. The molecule has 1 rings (SSSR count). The molecule has 3 unspecified atom stereocenters. The smallest absolute Gasteiger partial charge is 0.156 e. The van der Waals surface area contributed by atoms with Gasteiger partial charge in [0, 0.05) is 18.6 Å². The standard InChI is InChI=1S/C10H21N3O2/c1-6(9(11)13-14)12-7-5-8(15-4)10(7,2)3/h6-8,12,14H,5H2,1-4H3,(H2,11,13). The van der Waals surface area contributed by atoms with Crippen molar-refractivity contribution >= 4 is 5.84 Å². The summed E-state index contributed by atoms with van der Waals surface area (Å²) in [5.41, 5.74) is 5.60. The molecule has 5 nitrogen and oxygen atoms in total. The van der Waals surface area contributed by atoms with E-state index in [0.717, 1.165) is 6.42 Å². The van der Waals surface area contributed by atoms with Crippen molar-refractivity contribution in [1.82, 2.24) is 5.32 Å². The van der Waals surface area contributed by atoms with Gasteiger partial charge in [-0.05, 0) is 13.3 Å². The zero-order valence-corrected chi connectivity index (χ0v) is 9.82. The molecule has 3 atom stereocenters. The van der Waals surface area contributed by atoms with Crippen molar-refractivity contribution in [3.05, 3.63) is 0 Å². The van der Waals surface area contributed by atoms with Gasteiger partial charge in [0.15, 0.2) is 5.84 Å². The van der Waals surface area contributed by atoms with Gasteiger partial charge in [-0.25, -0.2) is 0 Å². The molecule has 0 aromatic rings. The van der Waals surface area contributed by atoms with E-state index in [1.807, 2.05) is 6.92 Å². The van der Waals surface area contributed by atoms with Gasteiger partial charge in [0.25, 0.3) is 0 Å². The van der Waals surface area contributed by atoms with Crippen LogP contribution in [-0.2, 0) is 4.74 Å². The average Bonchev–Trinajstić information content (AvgIpc) is 2.21. The maximum absolute atomic E-state index is 8.54. The lowest BCUT2D eigenvalue weighted by Crippen LogP contribution is -2.63. The molecule has 0 heterocycles. The molecule has 1 aliphatic rings. The fourth-order valence-corrected chi connectivity index (χ4v) is 2.04. The molecule has 1 aliphatic carbocycles. The molecule has 0 aliphatic heterocycles. The molecule has 0 saturated heterocycles. The molecule has 0 amide bonds. The number of hydrogen-bond acceptors (Lipinski definition) is 4. The third-order valence-corrected chi connectivity index (χ3v) is 3.47. The Morgan fingerprint density at radius 3 is 2.67 bits per heavy atom. The molecule has 0 radical (unpaired) electrons. The molecular weight excluding hydrogens is 194 g/mol. The van der Waals surface area contributed by atoms with E-state index < -0.39 is 0 Å². The number of nitrogens with two attached hydrogens (primary N) is 1. The summed E-state index contributed by atoms with van der Waals surface area (Å²) in [6.45, 7) is 6.19. The van der Waals surface area contributed by atoms with Crippen LogP contribution in [0.3, 0.4) is 0 Å². The lowest BCUT2D eigenvalue weighted by molar-refractivity contribution is -0.0982. The van der Waals surface area contributed by atoms with Crippen LogP contribution in [0, 0.1) is 5.41 Å². The first-order valence-electron chi connectivity index (χ1n) is 5.19. The third kappa shape index (κ3) is 2.23. The van der Waals surface area contributed by atoms with Crippen molar-refractivity contribution in [1.29, 1.82) is 0 Å². The van der Waals surface area contributed by atoms with Crippen molar-refractivity contribution in [3.8, 4) is 0 Å². The van der Waals surface area contributed by atoms with Gasteiger partial charge in [0.05, 0.1) is 12.1 Å². The van der Waals surface area contributed by atoms with E-state index in [2.05, 4.69) is 24.3 Å². The second-order valence-electron chi connectivity index (χ2n) is 4.75. The summed E-state index contributed by atoms with van der Waals surface area (Å²) in [5, 5.41) is 14.8. The van der Waals surface area contributed by atoms with Crippen LogP contribution in [0.25, 0.3) is 0 Å². The summed E-state index contributed by atoms with van der Waals surface area (Å²) in [7, 11) is 1.73. The molecule has 0 aromatic heterocycles. The highest BCUT2D eigenvalue weighted by Gasteiger charge is 2.48. The highest BCUT2D eigenvalue weighted by molar-refractivity contribution is 5.84. The van der Waals surface area contributed by atoms with E-state index in [-0.39, 0.29) is 23.4 Å². The number of methoxy groups -OCH3 is 1. The molecule has 0 spiro atoms. The van der Waals surface area contributed by atoms with Crippen molar-refractivity contribution < 1.29 is 9.94 Å². The number of ether oxygens (including phenoxy) is 1. The number of oxime groups is 1. The second-order valence-corrected chi connectivity index (χ2v) is 4.75. The first kappa shape index (κ1) is 12.3. The van der Waals surface area contributed by atoms with Crippen LogP contribution in [-0.4, -0.2) is 36.3 Å². The summed E-state index contributed by atoms with van der Waals surface area (Å²) in [6, 6.07) is 0.231. The van der Waals surface area contributed by atoms with Crippen LogP contribution in [0.4, 0.5) is 0 Å². The summed E-state index contributed by atoms with van der Waals surface area (Å²) < 4.78 is 5.35. The first-order valence-corrected chi connectivity index (χ1v) is 5.19. The minimum atomic E-state index is -0.114. The van der Waals surface area contributed by atoms with E-state index >= 15 is 0 Å². The van der Waals surface area contributed by atoms with Crippen molar-refractivity contribution in [2.75, 3.05) is 7.11 Å². The SMILES string of the molecule is COC1CC(NC(C)C(N)=NO)C1(C)C. The minimum absolute atomic E-state index is 0.0960. The molecular formula is C10H21N3O2. The summed E-state index contributed by atoms with van der Waals surface area (Å²) >= 11 is 0. The summed E-state index contributed by atoms with van der Waals surface area (Å²) in [5.74, 6) is 0.215. The molecule has 0 aromatic carbocycles. The Balaban J connectivity index is 2.49. The minimum Gasteiger partial charge on any atom is -0.409 e. The Hall–Kier alpha value is -0.810. The van der Waals surface area contributed by atoms with Crippen LogP contribution in [0.5, 0.6) is 0 Å². The molecule has 88 valence electrons. The van der Waals surface area contributed by atoms with Gasteiger partial charge in [-0.1, -0.05) is 19.0 Å². The maximum atomic E-state index is 8.54. The molecule has 4 N–H and O–H groups in total. The van der Waals surface area contributed by atoms with Crippen LogP contribution >= 0.6 is 0 Å². The van der Waals surface area contributed by atoms with Crippen molar-refractivity contribution in [2.24, 2.45) is 16.3 Å². The average molecular weight is 215 g/mol. The first-order chi connectivity index (χ1) is 6.93. The highest BCUT2D eigenvalue weighted by atomic mass is 16.5. The molecule has 1 saturated carbocycles. The number of hydrogen-bond donors (Lipinski definition) is 3. The lowest BCUT2D eigenvalue weighted by Gasteiger charge is -2.52. The Labute approximate surface area is 90.7 Å². The third-order valence-electron chi connectivity index (χ3n) is 3.47. The van der Waals surface area contributed by atoms with Crippen molar-refractivity contribution in [3.63, 3.8) is 0 Å². The Morgan fingerprint density at radius 1 is 1.67 bits per heavy atom. The van der Waals surface area contributed by atoms with E-state index in [9.17, 15) is 0 Å². The normalized spacial score (nSPS) is 32.1. The monoisotopic (exact) mass is 215 g/mol.